The number of aromatic nitrogens is 2. The van der Waals surface area contributed by atoms with Gasteiger partial charge in [-0.3, -0.25) is 9.59 Å². The van der Waals surface area contributed by atoms with Gasteiger partial charge in [0.2, 0.25) is 11.0 Å². The van der Waals surface area contributed by atoms with Crippen LogP contribution in [0.4, 0.5) is 5.13 Å². The number of hydrogen-bond acceptors (Lipinski definition) is 8. The fourth-order valence-corrected chi connectivity index (χ4v) is 5.65. The van der Waals surface area contributed by atoms with Crippen molar-refractivity contribution >= 4 is 40.0 Å². The standard InChI is InChI=1S/C22H29N5O3S2/c1-16-5-4-8-18(13-16)30-14-20(29)26-9-11-27(12-10-26)21-24-25-22(32-21)31-15-19(28)23-17-6-2-3-7-17/h4-5,8,13,17H,2-3,6-7,9-12,14-15H2,1H3,(H,23,28). The number of aryl methyl sites for hydroxylation is 1. The lowest BCUT2D eigenvalue weighted by molar-refractivity contribution is -0.133. The van der Waals surface area contributed by atoms with Crippen LogP contribution in [0.5, 0.6) is 5.75 Å². The van der Waals surface area contributed by atoms with Crippen LogP contribution in [0, 0.1) is 6.92 Å². The molecular weight excluding hydrogens is 446 g/mol. The van der Waals surface area contributed by atoms with E-state index in [4.69, 9.17) is 4.74 Å². The first kappa shape index (κ1) is 22.8. The van der Waals surface area contributed by atoms with Crippen molar-refractivity contribution in [3.63, 3.8) is 0 Å². The van der Waals surface area contributed by atoms with Crippen molar-refractivity contribution in [2.45, 2.75) is 43.0 Å². The molecule has 4 rings (SSSR count). The molecule has 1 saturated heterocycles. The maximum Gasteiger partial charge on any atom is 0.260 e. The van der Waals surface area contributed by atoms with Crippen molar-refractivity contribution in [2.75, 3.05) is 43.4 Å². The second kappa shape index (κ2) is 11.0. The number of thioether (sulfide) groups is 1. The smallest absolute Gasteiger partial charge is 0.260 e. The molecule has 1 aliphatic heterocycles. The summed E-state index contributed by atoms with van der Waals surface area (Å²) in [5, 5.41) is 12.5. The second-order valence-electron chi connectivity index (χ2n) is 8.16. The van der Waals surface area contributed by atoms with Crippen LogP contribution < -0.4 is 15.0 Å². The van der Waals surface area contributed by atoms with Gasteiger partial charge in [-0.25, -0.2) is 0 Å². The fourth-order valence-electron chi connectivity index (χ4n) is 3.94. The Balaban J connectivity index is 1.18. The van der Waals surface area contributed by atoms with Crippen LogP contribution >= 0.6 is 23.1 Å². The van der Waals surface area contributed by atoms with Gasteiger partial charge in [0.15, 0.2) is 10.9 Å². The van der Waals surface area contributed by atoms with Gasteiger partial charge in [0.05, 0.1) is 5.75 Å². The molecule has 0 spiro atoms. The summed E-state index contributed by atoms with van der Waals surface area (Å²) in [6.45, 7) is 4.71. The lowest BCUT2D eigenvalue weighted by Crippen LogP contribution is -2.50. The molecule has 2 aliphatic rings. The summed E-state index contributed by atoms with van der Waals surface area (Å²) in [5.74, 6) is 1.15. The van der Waals surface area contributed by atoms with Gasteiger partial charge in [-0.1, -0.05) is 48.1 Å². The first-order valence-electron chi connectivity index (χ1n) is 11.0. The first-order valence-corrected chi connectivity index (χ1v) is 12.8. The fraction of sp³-hybridized carbons (Fsp3) is 0.545. The molecule has 0 radical (unpaired) electrons. The van der Waals surface area contributed by atoms with Gasteiger partial charge in [0, 0.05) is 32.2 Å². The zero-order chi connectivity index (χ0) is 22.3. The number of anilines is 1. The Labute approximate surface area is 196 Å². The molecule has 10 heteroatoms. The van der Waals surface area contributed by atoms with E-state index >= 15 is 0 Å². The van der Waals surface area contributed by atoms with E-state index in [-0.39, 0.29) is 18.4 Å². The predicted molar refractivity (Wildman–Crippen MR) is 126 cm³/mol. The molecule has 2 fully saturated rings. The molecule has 2 amide bonds. The minimum absolute atomic E-state index is 0.00654. The Hall–Kier alpha value is -2.33. The lowest BCUT2D eigenvalue weighted by atomic mass is 10.2. The third-order valence-corrected chi connectivity index (χ3v) is 7.81. The summed E-state index contributed by atoms with van der Waals surface area (Å²) < 4.78 is 6.44. The van der Waals surface area contributed by atoms with E-state index in [1.165, 1.54) is 35.9 Å². The maximum absolute atomic E-state index is 12.5. The summed E-state index contributed by atoms with van der Waals surface area (Å²) in [4.78, 5) is 28.6. The van der Waals surface area contributed by atoms with E-state index in [1.54, 1.807) is 0 Å². The summed E-state index contributed by atoms with van der Waals surface area (Å²) in [6.07, 6.45) is 4.59. The molecule has 1 aromatic heterocycles. The molecule has 1 aliphatic carbocycles. The monoisotopic (exact) mass is 475 g/mol. The molecule has 1 aromatic carbocycles. The van der Waals surface area contributed by atoms with Crippen LogP contribution in [0.15, 0.2) is 28.6 Å². The van der Waals surface area contributed by atoms with Gasteiger partial charge in [-0.2, -0.15) is 0 Å². The molecule has 0 bridgehead atoms. The number of ether oxygens (including phenoxy) is 1. The molecule has 172 valence electrons. The van der Waals surface area contributed by atoms with E-state index in [9.17, 15) is 9.59 Å². The van der Waals surface area contributed by atoms with Crippen LogP contribution in [0.3, 0.4) is 0 Å². The molecule has 2 aromatic rings. The quantitative estimate of drug-likeness (QED) is 0.588. The molecule has 2 heterocycles. The third kappa shape index (κ3) is 6.35. The Morgan fingerprint density at radius 2 is 1.97 bits per heavy atom. The summed E-state index contributed by atoms with van der Waals surface area (Å²) in [5.41, 5.74) is 1.10. The minimum Gasteiger partial charge on any atom is -0.484 e. The summed E-state index contributed by atoms with van der Waals surface area (Å²) >= 11 is 2.93. The highest BCUT2D eigenvalue weighted by molar-refractivity contribution is 8.01. The van der Waals surface area contributed by atoms with Crippen molar-refractivity contribution in [1.29, 1.82) is 0 Å². The maximum atomic E-state index is 12.5. The summed E-state index contributed by atoms with van der Waals surface area (Å²) in [6, 6.07) is 8.05. The highest BCUT2D eigenvalue weighted by Crippen LogP contribution is 2.28. The van der Waals surface area contributed by atoms with E-state index in [2.05, 4.69) is 20.4 Å². The Kier molecular flexibility index (Phi) is 7.85. The van der Waals surface area contributed by atoms with E-state index in [0.29, 0.717) is 43.7 Å². The van der Waals surface area contributed by atoms with Crippen LogP contribution in [-0.2, 0) is 9.59 Å². The number of nitrogens with one attached hydrogen (secondary N) is 1. The first-order chi connectivity index (χ1) is 15.6. The molecule has 1 N–H and O–H groups in total. The van der Waals surface area contributed by atoms with Crippen molar-refractivity contribution in [2.24, 2.45) is 0 Å². The average molecular weight is 476 g/mol. The van der Waals surface area contributed by atoms with Gasteiger partial charge in [-0.15, -0.1) is 10.2 Å². The highest BCUT2D eigenvalue weighted by Gasteiger charge is 2.24. The molecule has 0 atom stereocenters. The highest BCUT2D eigenvalue weighted by atomic mass is 32.2. The van der Waals surface area contributed by atoms with Crippen molar-refractivity contribution in [3.8, 4) is 5.75 Å². The molecule has 32 heavy (non-hydrogen) atoms. The summed E-state index contributed by atoms with van der Waals surface area (Å²) in [7, 11) is 0. The molecule has 8 nitrogen and oxygen atoms in total. The van der Waals surface area contributed by atoms with Gasteiger partial charge >= 0.3 is 0 Å². The zero-order valence-electron chi connectivity index (χ0n) is 18.3. The van der Waals surface area contributed by atoms with Crippen LogP contribution in [0.1, 0.15) is 31.2 Å². The van der Waals surface area contributed by atoms with Gasteiger partial charge in [0.25, 0.3) is 5.91 Å². The number of amides is 2. The number of rotatable bonds is 8. The van der Waals surface area contributed by atoms with Gasteiger partial charge in [-0.05, 0) is 37.5 Å². The average Bonchev–Trinajstić information content (AvgIpc) is 3.48. The number of carbonyl (C=O) groups is 2. The van der Waals surface area contributed by atoms with Crippen LogP contribution in [0.2, 0.25) is 0 Å². The minimum atomic E-state index is -0.00654. The number of nitrogens with zero attached hydrogens (tertiary/aromatic N) is 4. The van der Waals surface area contributed by atoms with Gasteiger partial charge in [0.1, 0.15) is 5.75 Å². The number of carbonyl (C=O) groups excluding carboxylic acids is 2. The van der Waals surface area contributed by atoms with E-state index < -0.39 is 0 Å². The van der Waals surface area contributed by atoms with Crippen LogP contribution in [0.25, 0.3) is 0 Å². The Bertz CT molecular complexity index is 924. The second-order valence-corrected chi connectivity index (χ2v) is 10.3. The molecular formula is C22H29N5O3S2. The predicted octanol–water partition coefficient (Wildman–Crippen LogP) is 2.73. The Morgan fingerprint density at radius 3 is 2.72 bits per heavy atom. The SMILES string of the molecule is Cc1cccc(OCC(=O)N2CCN(c3nnc(SCC(=O)NC4CCCC4)s3)CC2)c1. The van der Waals surface area contributed by atoms with E-state index in [1.807, 2.05) is 36.1 Å². The number of piperazine rings is 1. The number of benzene rings is 1. The normalized spacial score (nSPS) is 16.9. The molecule has 1 saturated carbocycles. The van der Waals surface area contributed by atoms with Crippen molar-refractivity contribution in [3.05, 3.63) is 29.8 Å². The topological polar surface area (TPSA) is 87.7 Å². The van der Waals surface area contributed by atoms with E-state index in [0.717, 1.165) is 27.9 Å². The lowest BCUT2D eigenvalue weighted by Gasteiger charge is -2.34. The molecule has 0 unspecified atom stereocenters. The number of hydrogen-bond donors (Lipinski definition) is 1. The van der Waals surface area contributed by atoms with Crippen molar-refractivity contribution < 1.29 is 14.3 Å². The third-order valence-electron chi connectivity index (χ3n) is 5.70. The van der Waals surface area contributed by atoms with Crippen molar-refractivity contribution in [1.82, 2.24) is 20.4 Å². The zero-order valence-corrected chi connectivity index (χ0v) is 19.9. The van der Waals surface area contributed by atoms with Crippen LogP contribution in [-0.4, -0.2) is 71.5 Å². The largest absolute Gasteiger partial charge is 0.484 e. The van der Waals surface area contributed by atoms with Gasteiger partial charge < -0.3 is 19.9 Å². The Morgan fingerprint density at radius 1 is 1.19 bits per heavy atom.